The van der Waals surface area contributed by atoms with Gasteiger partial charge in [0.1, 0.15) is 0 Å². The van der Waals surface area contributed by atoms with Crippen molar-refractivity contribution in [2.45, 2.75) is 103 Å². The van der Waals surface area contributed by atoms with Gasteiger partial charge in [0.05, 0.1) is 5.41 Å². The van der Waals surface area contributed by atoms with Gasteiger partial charge >= 0.3 is 41.8 Å². The van der Waals surface area contributed by atoms with Crippen LogP contribution in [-0.4, -0.2) is 48.4 Å². The van der Waals surface area contributed by atoms with Crippen molar-refractivity contribution in [1.82, 2.24) is 0 Å². The lowest BCUT2D eigenvalue weighted by Crippen LogP contribution is -2.70. The van der Waals surface area contributed by atoms with Crippen LogP contribution in [0, 0.1) is 16.7 Å². The first-order chi connectivity index (χ1) is 15.7. The van der Waals surface area contributed by atoms with E-state index in [1.807, 2.05) is 0 Å². The lowest BCUT2D eigenvalue weighted by atomic mass is 9.64. The van der Waals surface area contributed by atoms with Gasteiger partial charge in [0.15, 0.2) is 6.61 Å². The highest BCUT2D eigenvalue weighted by molar-refractivity contribution is 5.77. The summed E-state index contributed by atoms with van der Waals surface area (Å²) in [6.45, 7) is 6.50. The molecule has 0 radical (unpaired) electrons. The smallest absolute Gasteiger partial charge is 0.459 e. The second-order valence-corrected chi connectivity index (χ2v) is 9.50. The van der Waals surface area contributed by atoms with Crippen LogP contribution in [0.2, 0.25) is 0 Å². The average molecular weight is 560 g/mol. The molecule has 0 heterocycles. The van der Waals surface area contributed by atoms with E-state index in [0.29, 0.717) is 12.8 Å². The summed E-state index contributed by atoms with van der Waals surface area (Å²) in [6.07, 6.45) is -6.37. The number of ether oxygens (including phenoxy) is 1. The molecule has 2 atom stereocenters. The van der Waals surface area contributed by atoms with Crippen LogP contribution in [0.4, 0.5) is 57.1 Å². The quantitative estimate of drug-likeness (QED) is 0.167. The lowest BCUT2D eigenvalue weighted by Gasteiger charge is -2.42. The van der Waals surface area contributed by atoms with Gasteiger partial charge in [0.25, 0.3) is 0 Å². The zero-order valence-electron chi connectivity index (χ0n) is 20.3. The molecule has 0 spiro atoms. The summed E-state index contributed by atoms with van der Waals surface area (Å²) >= 11 is 0. The van der Waals surface area contributed by atoms with Crippen molar-refractivity contribution >= 4 is 5.97 Å². The maximum absolute atomic E-state index is 14.0. The normalized spacial score (nSPS) is 17.5. The van der Waals surface area contributed by atoms with Gasteiger partial charge in [-0.15, -0.1) is 0 Å². The number of carbonyl (C=O) groups excluding carboxylic acids is 1. The van der Waals surface area contributed by atoms with Gasteiger partial charge in [-0.1, -0.05) is 53.9 Å². The highest BCUT2D eigenvalue weighted by Gasteiger charge is 2.90. The minimum Gasteiger partial charge on any atom is -0.459 e. The molecule has 0 fully saturated rings. The number of carbonyl (C=O) groups is 1. The molecule has 0 bridgehead atoms. The monoisotopic (exact) mass is 560 g/mol. The first-order valence-electron chi connectivity index (χ1n) is 10.8. The van der Waals surface area contributed by atoms with E-state index in [-0.39, 0.29) is 12.8 Å². The summed E-state index contributed by atoms with van der Waals surface area (Å²) in [7, 11) is 0. The maximum Gasteiger partial charge on any atom is 0.460 e. The van der Waals surface area contributed by atoms with E-state index >= 15 is 0 Å². The predicted octanol–water partition coefficient (Wildman–Crippen LogP) is 8.54. The van der Waals surface area contributed by atoms with Crippen LogP contribution in [0.1, 0.15) is 67.2 Å². The van der Waals surface area contributed by atoms with E-state index in [1.165, 1.54) is 13.8 Å². The summed E-state index contributed by atoms with van der Waals surface area (Å²) in [6, 6.07) is 0. The Morgan fingerprint density at radius 1 is 0.694 bits per heavy atom. The molecule has 0 saturated heterocycles. The maximum atomic E-state index is 14.0. The number of esters is 1. The van der Waals surface area contributed by atoms with Crippen molar-refractivity contribution in [2.24, 2.45) is 16.7 Å². The van der Waals surface area contributed by atoms with Crippen LogP contribution >= 0.6 is 0 Å². The highest BCUT2D eigenvalue weighted by atomic mass is 19.4. The second kappa shape index (κ2) is 10.4. The minimum absolute atomic E-state index is 0.0468. The molecule has 0 saturated carbocycles. The Balaban J connectivity index is 6.22. The first-order valence-corrected chi connectivity index (χ1v) is 10.8. The molecule has 0 aliphatic rings. The Kier molecular flexibility index (Phi) is 9.96. The molecule has 0 aromatic heterocycles. The highest BCUT2D eigenvalue weighted by Crippen LogP contribution is 2.60. The molecule has 0 aromatic rings. The van der Waals surface area contributed by atoms with Crippen LogP contribution < -0.4 is 0 Å². The molecule has 0 aromatic carbocycles. The van der Waals surface area contributed by atoms with Gasteiger partial charge < -0.3 is 4.74 Å². The Labute approximate surface area is 199 Å². The average Bonchev–Trinajstić information content (AvgIpc) is 2.75. The summed E-state index contributed by atoms with van der Waals surface area (Å²) in [5, 5.41) is 0. The fraction of sp³-hybridized carbons (Fsp3) is 0.952. The van der Waals surface area contributed by atoms with Gasteiger partial charge in [-0.05, 0) is 24.7 Å². The third kappa shape index (κ3) is 5.68. The molecule has 216 valence electrons. The van der Waals surface area contributed by atoms with E-state index in [4.69, 9.17) is 0 Å². The summed E-state index contributed by atoms with van der Waals surface area (Å²) in [5.74, 6) is -39.9. The van der Waals surface area contributed by atoms with Crippen LogP contribution in [0.15, 0.2) is 0 Å². The van der Waals surface area contributed by atoms with E-state index < -0.39 is 65.1 Å². The van der Waals surface area contributed by atoms with Crippen molar-refractivity contribution in [3.63, 3.8) is 0 Å². The van der Waals surface area contributed by atoms with Crippen molar-refractivity contribution < 1.29 is 66.6 Å². The van der Waals surface area contributed by atoms with Gasteiger partial charge in [-0.25, -0.2) is 0 Å². The Bertz CT molecular complexity index is 757. The summed E-state index contributed by atoms with van der Waals surface area (Å²) in [4.78, 5) is 12.7. The number of alkyl halides is 13. The molecule has 0 aliphatic carbocycles. The lowest BCUT2D eigenvalue weighted by molar-refractivity contribution is -0.441. The minimum atomic E-state index is -8.00. The zero-order chi connectivity index (χ0) is 29.4. The van der Waals surface area contributed by atoms with Crippen LogP contribution in [0.3, 0.4) is 0 Å². The molecular formula is C21H29F13O2. The molecule has 2 nitrogen and oxygen atoms in total. The third-order valence-corrected chi connectivity index (χ3v) is 7.05. The Morgan fingerprint density at radius 2 is 1.08 bits per heavy atom. The molecule has 0 rings (SSSR count). The van der Waals surface area contributed by atoms with E-state index in [2.05, 4.69) is 4.74 Å². The van der Waals surface area contributed by atoms with Crippen molar-refractivity contribution in [3.05, 3.63) is 0 Å². The molecule has 0 amide bonds. The van der Waals surface area contributed by atoms with Crippen LogP contribution in [0.25, 0.3) is 0 Å². The van der Waals surface area contributed by atoms with Crippen molar-refractivity contribution in [3.8, 4) is 0 Å². The third-order valence-electron chi connectivity index (χ3n) is 7.05. The van der Waals surface area contributed by atoms with E-state index in [1.54, 1.807) is 27.7 Å². The largest absolute Gasteiger partial charge is 0.460 e. The van der Waals surface area contributed by atoms with Crippen LogP contribution in [-0.2, 0) is 9.53 Å². The van der Waals surface area contributed by atoms with Gasteiger partial charge in [0, 0.05) is 0 Å². The molecule has 15 heteroatoms. The molecular weight excluding hydrogens is 531 g/mol. The topological polar surface area (TPSA) is 26.3 Å². The van der Waals surface area contributed by atoms with Gasteiger partial charge in [-0.2, -0.15) is 57.1 Å². The van der Waals surface area contributed by atoms with E-state index in [9.17, 15) is 61.9 Å². The summed E-state index contributed by atoms with van der Waals surface area (Å²) < 4.78 is 176. The molecule has 36 heavy (non-hydrogen) atoms. The SMILES string of the molecule is CCC(C)C(C)(CC(C)(CC)CC)C(=O)OCC(F)(F)C(F)(F)C(F)(F)C(F)(F)C(F)(F)C(F)(F)F. The second-order valence-electron chi connectivity index (χ2n) is 9.50. The fourth-order valence-corrected chi connectivity index (χ4v) is 3.50. The molecule has 2 unspecified atom stereocenters. The zero-order valence-corrected chi connectivity index (χ0v) is 20.3. The summed E-state index contributed by atoms with van der Waals surface area (Å²) in [5.41, 5.74) is -2.25. The van der Waals surface area contributed by atoms with Gasteiger partial charge in [0.2, 0.25) is 0 Å². The molecule has 0 N–H and O–H groups in total. The first kappa shape index (κ1) is 34.6. The number of rotatable bonds is 13. The standard InChI is InChI=1S/C21H29F13O2/c1-7-12(4)15(6,10-14(5,8-2)9-3)13(35)36-11-16(22,23)17(24,25)18(26,27)19(28,29)20(30,31)21(32,33)34/h12H,7-11H2,1-6H3. The molecule has 0 aliphatic heterocycles. The Morgan fingerprint density at radius 3 is 1.42 bits per heavy atom. The van der Waals surface area contributed by atoms with Crippen LogP contribution in [0.5, 0.6) is 0 Å². The van der Waals surface area contributed by atoms with E-state index in [0.717, 1.165) is 0 Å². The number of hydrogen-bond acceptors (Lipinski definition) is 2. The number of halogens is 13. The number of hydrogen-bond donors (Lipinski definition) is 0. The predicted molar refractivity (Wildman–Crippen MR) is 103 cm³/mol. The fourth-order valence-electron chi connectivity index (χ4n) is 3.50. The Hall–Kier alpha value is -1.44. The van der Waals surface area contributed by atoms with Crippen molar-refractivity contribution in [1.29, 1.82) is 0 Å². The van der Waals surface area contributed by atoms with Crippen molar-refractivity contribution in [2.75, 3.05) is 6.61 Å². The van der Waals surface area contributed by atoms with Gasteiger partial charge in [-0.3, -0.25) is 4.79 Å².